The van der Waals surface area contributed by atoms with Gasteiger partial charge in [0.1, 0.15) is 54.6 Å². The summed E-state index contributed by atoms with van der Waals surface area (Å²) in [4.78, 5) is 114. The van der Waals surface area contributed by atoms with Crippen LogP contribution >= 0.6 is 12.3 Å². The molecule has 3 aliphatic rings. The van der Waals surface area contributed by atoms with Gasteiger partial charge in [0.2, 0.25) is 41.4 Å². The van der Waals surface area contributed by atoms with Crippen molar-refractivity contribution in [2.24, 2.45) is 11.7 Å². The van der Waals surface area contributed by atoms with Gasteiger partial charge in [0.15, 0.2) is 17.7 Å². The second-order valence-corrected chi connectivity index (χ2v) is 21.5. The third-order valence-corrected chi connectivity index (χ3v) is 15.2. The molecule has 29 nitrogen and oxygen atoms in total. The van der Waals surface area contributed by atoms with E-state index < -0.39 is 182 Å². The summed E-state index contributed by atoms with van der Waals surface area (Å²) < 4.78 is 9.02. The maximum atomic E-state index is 14.7. The van der Waals surface area contributed by atoms with E-state index in [4.69, 9.17) is 9.92 Å². The van der Waals surface area contributed by atoms with E-state index in [2.05, 4.69) is 37.6 Å². The summed E-state index contributed by atoms with van der Waals surface area (Å²) in [6.07, 6.45) is -14.2. The largest absolute Gasteiger partial charge is 1.00 e. The molecule has 3 fully saturated rings. The fraction of sp³-hybridized carbons (Fsp3) is 0.519. The number of benzene rings is 3. The minimum atomic E-state index is -2.56. The molecule has 8 amide bonds. The Labute approximate surface area is 514 Å². The SMILES string of the molecule is CCCCCCc1ccc(-c2ccc(C(=O)N[C@H]3CC(O)C(O)NC(=O)C4C(O)C(C)CN4C(=O)C(C(O)CC(N)=O)NC(=O)C(C(O)C(O)c4ccc(O)c(OSOO[O-])c4)NC(=O)C4CC(O)CN4C(=O)C(C(C)O)NC3=O)cc2)cc1.[Na+]. The smallest absolute Gasteiger partial charge is 0.691 e. The summed E-state index contributed by atoms with van der Waals surface area (Å²) in [5.74, 6) is -12.6. The molecule has 0 spiro atoms. The second-order valence-electron chi connectivity index (χ2n) is 21.1. The molecule has 3 aromatic carbocycles. The first-order chi connectivity index (χ1) is 39.8. The summed E-state index contributed by atoms with van der Waals surface area (Å²) >= 11 is -0.0933. The molecule has 15 atom stereocenters. The van der Waals surface area contributed by atoms with Crippen LogP contribution in [-0.4, -0.2) is 195 Å². The molecule has 3 aromatic rings. The van der Waals surface area contributed by atoms with Gasteiger partial charge in [-0.05, 0) is 66.3 Å². The molecule has 0 aliphatic carbocycles. The number of nitrogens with one attached hydrogen (secondary N) is 5. The van der Waals surface area contributed by atoms with Crippen molar-refractivity contribution < 1.29 is 133 Å². The van der Waals surface area contributed by atoms with Gasteiger partial charge in [-0.15, -0.1) is 4.33 Å². The first-order valence-electron chi connectivity index (χ1n) is 27.0. The Hall–Kier alpha value is -6.07. The minimum Gasteiger partial charge on any atom is -0.691 e. The van der Waals surface area contributed by atoms with Crippen LogP contribution in [0.15, 0.2) is 66.7 Å². The van der Waals surface area contributed by atoms with Gasteiger partial charge in [0, 0.05) is 37.4 Å². The minimum absolute atomic E-state index is 0. The molecular formula is C54H71N8NaO21S. The van der Waals surface area contributed by atoms with Gasteiger partial charge < -0.3 is 97.5 Å². The third-order valence-electron chi connectivity index (χ3n) is 14.8. The number of rotatable bonds is 19. The number of aryl methyl sites for hydroxylation is 1. The van der Waals surface area contributed by atoms with E-state index in [0.717, 1.165) is 73.9 Å². The van der Waals surface area contributed by atoms with Crippen LogP contribution in [-0.2, 0) is 49.4 Å². The molecule has 31 heteroatoms. The Morgan fingerprint density at radius 2 is 1.40 bits per heavy atom. The average Bonchev–Trinajstić information content (AvgIpc) is 2.47. The van der Waals surface area contributed by atoms with Crippen LogP contribution in [0.5, 0.6) is 11.5 Å². The maximum Gasteiger partial charge on any atom is 1.00 e. The number of aliphatic hydroxyl groups is 8. The quantitative estimate of drug-likeness (QED) is 0.0174. The van der Waals surface area contributed by atoms with Gasteiger partial charge in [-0.25, -0.2) is 0 Å². The molecule has 6 rings (SSSR count). The topological polar surface area (TPSA) is 462 Å². The number of phenols is 1. The van der Waals surface area contributed by atoms with Crippen molar-refractivity contribution in [2.75, 3.05) is 13.1 Å². The van der Waals surface area contributed by atoms with E-state index in [9.17, 15) is 89.6 Å². The van der Waals surface area contributed by atoms with Crippen molar-refractivity contribution in [3.63, 3.8) is 0 Å². The van der Waals surface area contributed by atoms with Crippen LogP contribution in [0.2, 0.25) is 0 Å². The summed E-state index contributed by atoms with van der Waals surface area (Å²) in [5, 5.41) is 126. The zero-order valence-corrected chi connectivity index (χ0v) is 49.7. The Morgan fingerprint density at radius 1 is 0.776 bits per heavy atom. The summed E-state index contributed by atoms with van der Waals surface area (Å²) in [7, 11) is 0. The van der Waals surface area contributed by atoms with Crippen LogP contribution in [0, 0.1) is 5.92 Å². The molecule has 14 unspecified atom stereocenters. The molecular weight excluding hydrogens is 1150 g/mol. The van der Waals surface area contributed by atoms with Crippen LogP contribution in [0.1, 0.15) is 93.3 Å². The summed E-state index contributed by atoms with van der Waals surface area (Å²) in [6.45, 7) is 3.38. The van der Waals surface area contributed by atoms with E-state index >= 15 is 0 Å². The Kier molecular flexibility index (Phi) is 26.3. The zero-order chi connectivity index (χ0) is 61.7. The summed E-state index contributed by atoms with van der Waals surface area (Å²) in [5.41, 5.74) is 7.70. The first kappa shape index (κ1) is 69.7. The number of aliphatic hydroxyl groups excluding tert-OH is 8. The number of phenolic OH excluding ortho intramolecular Hbond substituents is 1. The van der Waals surface area contributed by atoms with E-state index in [1.807, 2.05) is 29.6 Å². The number of hydrogen-bond donors (Lipinski definition) is 15. The van der Waals surface area contributed by atoms with Gasteiger partial charge in [-0.3, -0.25) is 43.4 Å². The average molecular weight is 1220 g/mol. The predicted molar refractivity (Wildman–Crippen MR) is 289 cm³/mol. The van der Waals surface area contributed by atoms with E-state index in [1.165, 1.54) is 19.1 Å². The van der Waals surface area contributed by atoms with E-state index in [1.54, 1.807) is 12.1 Å². The molecule has 0 saturated carbocycles. The van der Waals surface area contributed by atoms with E-state index in [0.29, 0.717) is 9.80 Å². The number of hydrogen-bond acceptors (Lipinski definition) is 22. The molecule has 16 N–H and O–H groups in total. The fourth-order valence-corrected chi connectivity index (χ4v) is 10.4. The number of nitrogens with zero attached hydrogens (tertiary/aromatic N) is 2. The number of aromatic hydroxyl groups is 1. The Balaban J connectivity index is 0.0000132. The molecule has 0 aromatic heterocycles. The van der Waals surface area contributed by atoms with Crippen molar-refractivity contribution in [1.82, 2.24) is 36.4 Å². The number of carbonyl (C=O) groups is 8. The van der Waals surface area contributed by atoms with Crippen molar-refractivity contribution in [3.8, 4) is 22.6 Å². The van der Waals surface area contributed by atoms with Crippen LogP contribution in [0.4, 0.5) is 0 Å². The van der Waals surface area contributed by atoms with Crippen molar-refractivity contribution in [3.05, 3.63) is 83.4 Å². The van der Waals surface area contributed by atoms with Crippen LogP contribution < -0.4 is 71.3 Å². The first-order valence-corrected chi connectivity index (χ1v) is 27.7. The molecule has 3 aliphatic heterocycles. The number of unbranched alkanes of at least 4 members (excludes halogenated alkanes) is 3. The molecule has 3 heterocycles. The van der Waals surface area contributed by atoms with Crippen LogP contribution in [0.25, 0.3) is 11.1 Å². The Morgan fingerprint density at radius 3 is 2.02 bits per heavy atom. The molecule has 460 valence electrons. The number of carbonyl (C=O) groups excluding carboxylic acids is 8. The van der Waals surface area contributed by atoms with Crippen molar-refractivity contribution >= 4 is 59.6 Å². The van der Waals surface area contributed by atoms with E-state index in [-0.39, 0.29) is 53.0 Å². The number of fused-ring (bicyclic) bond motifs is 2. The second kappa shape index (κ2) is 32.1. The number of amides is 8. The van der Waals surface area contributed by atoms with Gasteiger partial charge >= 0.3 is 29.6 Å². The van der Waals surface area contributed by atoms with Crippen LogP contribution in [0.3, 0.4) is 0 Å². The third kappa shape index (κ3) is 18.0. The summed E-state index contributed by atoms with van der Waals surface area (Å²) in [6, 6.07) is 4.19. The molecule has 85 heavy (non-hydrogen) atoms. The van der Waals surface area contributed by atoms with Gasteiger partial charge in [-0.1, -0.05) is 75.6 Å². The van der Waals surface area contributed by atoms with Gasteiger partial charge in [0.25, 0.3) is 18.2 Å². The van der Waals surface area contributed by atoms with Gasteiger partial charge in [0.05, 0.1) is 30.8 Å². The molecule has 3 saturated heterocycles. The monoisotopic (exact) mass is 1220 g/mol. The standard InChI is InChI=1S/C54H72N8O21S.Na/c1-4-5-6-7-8-27-9-11-28(12-10-27)29-13-15-30(16-14-29)47(72)56-33-21-37(67)50(75)60-52(77)43-44(69)25(2)23-62(43)54(79)41(36(66)22-39(55)68)58-51(76)42(46(71)45(70)31-17-18-35(65)38(19-31)81-84-83-82-80)59-49(74)34-20-32(64)24-61(34)53(78)40(26(3)63)57-48(33)73;/h9-19,25-26,32-34,36-37,40-46,50,63-67,69-71,75,80H,4-8,20-24H2,1-3H3,(H2,55,68)(H,56,72)(H,57,73)(H,58,76)(H,59,74)(H,60,77);/q;+1/p-1/t25?,26?,32?,33-,34?,36?,37?,40?,41?,42?,43?,44?,45?,46?,50?;/m0./s1. The van der Waals surface area contributed by atoms with Crippen molar-refractivity contribution in [1.29, 1.82) is 0 Å². The predicted octanol–water partition coefficient (Wildman–Crippen LogP) is -7.02. The normalized spacial score (nSPS) is 26.8. The number of nitrogens with two attached hydrogens (primary N) is 1. The van der Waals surface area contributed by atoms with Gasteiger partial charge in [-0.2, -0.15) is 0 Å². The maximum absolute atomic E-state index is 14.7. The number of primary amides is 1. The zero-order valence-electron chi connectivity index (χ0n) is 46.9. The Bertz CT molecular complexity index is 2810. The molecule has 0 radical (unpaired) electrons. The molecule has 0 bridgehead atoms. The van der Waals surface area contributed by atoms with Crippen molar-refractivity contribution in [2.45, 2.75) is 157 Å². The fourth-order valence-electron chi connectivity index (χ4n) is 10.1.